The number of pyridine rings is 1. The fraction of sp³-hybridized carbons (Fsp3) is 0.350. The first-order chi connectivity index (χ1) is 11.9. The van der Waals surface area contributed by atoms with Crippen LogP contribution in [0.15, 0.2) is 53.1 Å². The van der Waals surface area contributed by atoms with Crippen LogP contribution in [0.4, 0.5) is 5.82 Å². The Balaban J connectivity index is 2.06. The molecule has 0 aliphatic heterocycles. The van der Waals surface area contributed by atoms with Crippen molar-refractivity contribution in [2.75, 3.05) is 25.3 Å². The Hall–Kier alpha value is -2.14. The maximum Gasteiger partial charge on any atom is 0.175 e. The minimum Gasteiger partial charge on any atom is -0.363 e. The Morgan fingerprint density at radius 2 is 1.56 bits per heavy atom. The zero-order valence-electron chi connectivity index (χ0n) is 15.0. The summed E-state index contributed by atoms with van der Waals surface area (Å²) < 4.78 is 23.4. The first kappa shape index (κ1) is 17.7. The number of nitrogens with zero attached hydrogens (tertiary/aromatic N) is 2. The molecule has 0 N–H and O–H groups in total. The fourth-order valence-corrected chi connectivity index (χ4v) is 3.92. The minimum atomic E-state index is -3.18. The van der Waals surface area contributed by atoms with E-state index in [1.165, 1.54) is 30.2 Å². The van der Waals surface area contributed by atoms with Crippen molar-refractivity contribution >= 4 is 21.2 Å². The summed E-state index contributed by atoms with van der Waals surface area (Å²) in [6.45, 7) is 0. The molecule has 0 saturated heterocycles. The molecular formula is C20H24N2O2S. The molecular weight excluding hydrogens is 332 g/mol. The van der Waals surface area contributed by atoms with Gasteiger partial charge in [0.15, 0.2) is 9.84 Å². The predicted molar refractivity (Wildman–Crippen MR) is 103 cm³/mol. The molecule has 1 heterocycles. The molecule has 0 amide bonds. The summed E-state index contributed by atoms with van der Waals surface area (Å²) in [4.78, 5) is 6.88. The van der Waals surface area contributed by atoms with E-state index in [1.807, 2.05) is 43.4 Å². The van der Waals surface area contributed by atoms with E-state index >= 15 is 0 Å². The molecule has 1 aliphatic rings. The molecule has 132 valence electrons. The van der Waals surface area contributed by atoms with Gasteiger partial charge >= 0.3 is 0 Å². The van der Waals surface area contributed by atoms with Crippen LogP contribution < -0.4 is 4.90 Å². The Morgan fingerprint density at radius 3 is 2.04 bits per heavy atom. The maximum atomic E-state index is 11.7. The van der Waals surface area contributed by atoms with E-state index in [4.69, 9.17) is 0 Å². The van der Waals surface area contributed by atoms with E-state index in [-0.39, 0.29) is 0 Å². The van der Waals surface area contributed by atoms with E-state index in [0.717, 1.165) is 29.8 Å². The van der Waals surface area contributed by atoms with Gasteiger partial charge in [0, 0.05) is 32.1 Å². The molecule has 1 aliphatic carbocycles. The summed E-state index contributed by atoms with van der Waals surface area (Å²) in [5.74, 6) is 0.923. The molecule has 3 rings (SSSR count). The third-order valence-corrected chi connectivity index (χ3v) is 5.76. The second-order valence-corrected chi connectivity index (χ2v) is 8.80. The molecule has 1 aromatic carbocycles. The van der Waals surface area contributed by atoms with Crippen molar-refractivity contribution in [1.82, 2.24) is 4.98 Å². The van der Waals surface area contributed by atoms with Gasteiger partial charge in [0.2, 0.25) is 0 Å². The zero-order valence-corrected chi connectivity index (χ0v) is 15.8. The molecule has 1 fully saturated rings. The van der Waals surface area contributed by atoms with Crippen LogP contribution in [0, 0.1) is 0 Å². The van der Waals surface area contributed by atoms with Crippen LogP contribution in [-0.4, -0.2) is 33.8 Å². The van der Waals surface area contributed by atoms with Gasteiger partial charge < -0.3 is 4.90 Å². The highest BCUT2D eigenvalue weighted by molar-refractivity contribution is 7.90. The third-order valence-electron chi connectivity index (χ3n) is 4.63. The van der Waals surface area contributed by atoms with Gasteiger partial charge in [-0.15, -0.1) is 0 Å². The Bertz CT molecular complexity index is 872. The van der Waals surface area contributed by atoms with E-state index in [9.17, 15) is 8.42 Å². The SMILES string of the molecule is CN(C)c1ccc(C(=C2CCCC2)c2ccc(S(C)(=O)=O)cc2)cn1. The molecule has 0 unspecified atom stereocenters. The summed E-state index contributed by atoms with van der Waals surface area (Å²) in [5, 5.41) is 0. The van der Waals surface area contributed by atoms with Crippen LogP contribution in [0.2, 0.25) is 0 Å². The lowest BCUT2D eigenvalue weighted by Gasteiger charge is -2.15. The molecule has 5 heteroatoms. The predicted octanol–water partition coefficient (Wildman–Crippen LogP) is 3.93. The number of benzene rings is 1. The van der Waals surface area contributed by atoms with Crippen molar-refractivity contribution in [3.63, 3.8) is 0 Å². The summed E-state index contributed by atoms with van der Waals surface area (Å²) in [6, 6.07) is 11.3. The maximum absolute atomic E-state index is 11.7. The van der Waals surface area contributed by atoms with Gasteiger partial charge in [0.25, 0.3) is 0 Å². The van der Waals surface area contributed by atoms with Crippen molar-refractivity contribution in [3.05, 3.63) is 59.3 Å². The summed E-state index contributed by atoms with van der Waals surface area (Å²) in [5.41, 5.74) is 4.79. The van der Waals surface area contributed by atoms with E-state index in [0.29, 0.717) is 4.90 Å². The highest BCUT2D eigenvalue weighted by atomic mass is 32.2. The van der Waals surface area contributed by atoms with Gasteiger partial charge in [0.05, 0.1) is 4.90 Å². The lowest BCUT2D eigenvalue weighted by atomic mass is 9.93. The second kappa shape index (κ2) is 7.00. The lowest BCUT2D eigenvalue weighted by molar-refractivity contribution is 0.602. The topological polar surface area (TPSA) is 50.3 Å². The molecule has 2 aromatic rings. The van der Waals surface area contributed by atoms with Crippen LogP contribution in [0.25, 0.3) is 5.57 Å². The monoisotopic (exact) mass is 356 g/mol. The fourth-order valence-electron chi connectivity index (χ4n) is 3.29. The van der Waals surface area contributed by atoms with Crippen molar-refractivity contribution in [2.24, 2.45) is 0 Å². The van der Waals surface area contributed by atoms with Gasteiger partial charge in [-0.1, -0.05) is 17.7 Å². The lowest BCUT2D eigenvalue weighted by Crippen LogP contribution is -2.10. The quantitative estimate of drug-likeness (QED) is 0.833. The normalized spacial score (nSPS) is 14.6. The van der Waals surface area contributed by atoms with Gasteiger partial charge in [0.1, 0.15) is 5.82 Å². The molecule has 0 bridgehead atoms. The smallest absolute Gasteiger partial charge is 0.175 e. The number of anilines is 1. The van der Waals surface area contributed by atoms with E-state index in [2.05, 4.69) is 11.1 Å². The number of sulfone groups is 1. The Morgan fingerprint density at radius 1 is 0.960 bits per heavy atom. The van der Waals surface area contributed by atoms with Gasteiger partial charge in [-0.2, -0.15) is 0 Å². The number of allylic oxidation sites excluding steroid dienone is 1. The first-order valence-corrected chi connectivity index (χ1v) is 10.4. The zero-order chi connectivity index (χ0) is 18.0. The van der Waals surface area contributed by atoms with Crippen molar-refractivity contribution in [3.8, 4) is 0 Å². The third kappa shape index (κ3) is 3.93. The van der Waals surface area contributed by atoms with Crippen molar-refractivity contribution in [2.45, 2.75) is 30.6 Å². The summed E-state index contributed by atoms with van der Waals surface area (Å²) in [7, 11) is 0.771. The highest BCUT2D eigenvalue weighted by Gasteiger charge is 2.17. The molecule has 4 nitrogen and oxygen atoms in total. The molecule has 0 radical (unpaired) electrons. The summed E-state index contributed by atoms with van der Waals surface area (Å²) >= 11 is 0. The average Bonchev–Trinajstić information content (AvgIpc) is 3.09. The minimum absolute atomic E-state index is 0.355. The van der Waals surface area contributed by atoms with Gasteiger partial charge in [-0.3, -0.25) is 0 Å². The van der Waals surface area contributed by atoms with Gasteiger partial charge in [-0.05, 0) is 61.1 Å². The van der Waals surface area contributed by atoms with Crippen LogP contribution in [0.3, 0.4) is 0 Å². The van der Waals surface area contributed by atoms with E-state index < -0.39 is 9.84 Å². The molecule has 0 atom stereocenters. The number of aromatic nitrogens is 1. The highest BCUT2D eigenvalue weighted by Crippen LogP contribution is 2.36. The second-order valence-electron chi connectivity index (χ2n) is 6.78. The average molecular weight is 356 g/mol. The first-order valence-electron chi connectivity index (χ1n) is 8.52. The largest absolute Gasteiger partial charge is 0.363 e. The van der Waals surface area contributed by atoms with Gasteiger partial charge in [-0.25, -0.2) is 13.4 Å². The molecule has 0 spiro atoms. The van der Waals surface area contributed by atoms with Crippen LogP contribution in [0.1, 0.15) is 36.8 Å². The standard InChI is InChI=1S/C20H24N2O2S/c1-22(2)19-13-10-17(14-21-19)20(15-6-4-5-7-15)16-8-11-18(12-9-16)25(3,23)24/h8-14H,4-7H2,1-3H3. The van der Waals surface area contributed by atoms with Crippen LogP contribution in [-0.2, 0) is 9.84 Å². The van der Waals surface area contributed by atoms with E-state index in [1.54, 1.807) is 12.1 Å². The van der Waals surface area contributed by atoms with Crippen molar-refractivity contribution in [1.29, 1.82) is 0 Å². The molecule has 25 heavy (non-hydrogen) atoms. The van der Waals surface area contributed by atoms with Crippen LogP contribution >= 0.6 is 0 Å². The van der Waals surface area contributed by atoms with Crippen LogP contribution in [0.5, 0.6) is 0 Å². The Kier molecular flexibility index (Phi) is 4.95. The van der Waals surface area contributed by atoms with Crippen molar-refractivity contribution < 1.29 is 8.42 Å². The molecule has 1 saturated carbocycles. The summed E-state index contributed by atoms with van der Waals surface area (Å²) in [6.07, 6.45) is 7.77. The Labute approximate surface area is 150 Å². The number of hydrogen-bond donors (Lipinski definition) is 0. The molecule has 1 aromatic heterocycles. The number of rotatable bonds is 4. The number of hydrogen-bond acceptors (Lipinski definition) is 4.